The van der Waals surface area contributed by atoms with E-state index in [0.717, 1.165) is 11.8 Å². The number of anilines is 1. The van der Waals surface area contributed by atoms with E-state index in [9.17, 15) is 0 Å². The van der Waals surface area contributed by atoms with Crippen LogP contribution in [0.25, 0.3) is 0 Å². The van der Waals surface area contributed by atoms with Crippen molar-refractivity contribution in [3.05, 3.63) is 65.7 Å². The summed E-state index contributed by atoms with van der Waals surface area (Å²) in [6.45, 7) is 8.36. The van der Waals surface area contributed by atoms with Gasteiger partial charge in [0, 0.05) is 31.9 Å². The maximum absolute atomic E-state index is 2.65. The predicted octanol–water partition coefficient (Wildman–Crippen LogP) is 6.47. The van der Waals surface area contributed by atoms with Gasteiger partial charge in [0.25, 0.3) is 0 Å². The highest BCUT2D eigenvalue weighted by Crippen LogP contribution is 2.43. The summed E-state index contributed by atoms with van der Waals surface area (Å²) in [5.74, 6) is 1.49. The normalized spacial score (nSPS) is 22.9. The molecular formula is C26H37ClN2. The molecule has 0 amide bonds. The predicted molar refractivity (Wildman–Crippen MR) is 128 cm³/mol. The molecule has 0 N–H and O–H groups in total. The molecule has 0 spiro atoms. The molecule has 0 radical (unpaired) electrons. The van der Waals surface area contributed by atoms with Crippen LogP contribution in [0.2, 0.25) is 0 Å². The molecule has 4 rings (SSSR count). The summed E-state index contributed by atoms with van der Waals surface area (Å²) in [6.07, 6.45) is 7.94. The lowest BCUT2D eigenvalue weighted by Crippen LogP contribution is -2.47. The minimum atomic E-state index is 0. The summed E-state index contributed by atoms with van der Waals surface area (Å²) < 4.78 is 0. The summed E-state index contributed by atoms with van der Waals surface area (Å²) in [4.78, 5) is 5.30. The van der Waals surface area contributed by atoms with Crippen molar-refractivity contribution in [2.24, 2.45) is 0 Å². The first-order valence-corrected chi connectivity index (χ1v) is 11.5. The molecule has 0 atom stereocenters. The Morgan fingerprint density at radius 1 is 0.759 bits per heavy atom. The van der Waals surface area contributed by atoms with Crippen LogP contribution in [0.3, 0.4) is 0 Å². The maximum Gasteiger partial charge on any atom is 0.0402 e. The molecule has 3 heteroatoms. The lowest BCUT2D eigenvalue weighted by Gasteiger charge is -2.38. The van der Waals surface area contributed by atoms with Gasteiger partial charge in [0.1, 0.15) is 0 Å². The zero-order valence-electron chi connectivity index (χ0n) is 17.9. The molecule has 1 aliphatic heterocycles. The minimum absolute atomic E-state index is 0. The van der Waals surface area contributed by atoms with E-state index in [1.807, 2.05) is 0 Å². The monoisotopic (exact) mass is 412 g/mol. The van der Waals surface area contributed by atoms with Crippen molar-refractivity contribution in [3.8, 4) is 0 Å². The van der Waals surface area contributed by atoms with Crippen LogP contribution >= 0.6 is 12.4 Å². The molecule has 1 saturated heterocycles. The lowest BCUT2D eigenvalue weighted by molar-refractivity contribution is 0.254. The van der Waals surface area contributed by atoms with Crippen LogP contribution in [0.5, 0.6) is 0 Å². The van der Waals surface area contributed by atoms with Crippen molar-refractivity contribution in [2.45, 2.75) is 57.3 Å². The Morgan fingerprint density at radius 2 is 1.38 bits per heavy atom. The van der Waals surface area contributed by atoms with E-state index in [2.05, 4.69) is 71.3 Å². The SMILES string of the molecule is CCCCN1CCN(c2ccccc2C2CCC(c3ccccc3)CC2)CC1.Cl. The summed E-state index contributed by atoms with van der Waals surface area (Å²) in [5, 5.41) is 0. The summed E-state index contributed by atoms with van der Waals surface area (Å²) in [6, 6.07) is 20.4. The quantitative estimate of drug-likeness (QED) is 0.536. The number of para-hydroxylation sites is 1. The Hall–Kier alpha value is -1.51. The second-order valence-electron chi connectivity index (χ2n) is 8.70. The second-order valence-corrected chi connectivity index (χ2v) is 8.70. The number of hydrogen-bond donors (Lipinski definition) is 0. The molecule has 158 valence electrons. The molecule has 0 aromatic heterocycles. The molecule has 1 saturated carbocycles. The fraction of sp³-hybridized carbons (Fsp3) is 0.538. The van der Waals surface area contributed by atoms with Crippen LogP contribution in [0.1, 0.15) is 68.4 Å². The summed E-state index contributed by atoms with van der Waals surface area (Å²) >= 11 is 0. The fourth-order valence-electron chi connectivity index (χ4n) is 5.18. The van der Waals surface area contributed by atoms with E-state index < -0.39 is 0 Å². The molecule has 2 aromatic carbocycles. The molecule has 2 fully saturated rings. The molecule has 2 aromatic rings. The number of nitrogens with zero attached hydrogens (tertiary/aromatic N) is 2. The van der Waals surface area contributed by atoms with Crippen molar-refractivity contribution < 1.29 is 0 Å². The van der Waals surface area contributed by atoms with Gasteiger partial charge >= 0.3 is 0 Å². The van der Waals surface area contributed by atoms with Crippen molar-refractivity contribution in [3.63, 3.8) is 0 Å². The van der Waals surface area contributed by atoms with Crippen LogP contribution < -0.4 is 4.90 Å². The molecule has 2 aliphatic rings. The van der Waals surface area contributed by atoms with Crippen LogP contribution in [-0.4, -0.2) is 37.6 Å². The average molecular weight is 413 g/mol. The van der Waals surface area contributed by atoms with Gasteiger partial charge in [-0.25, -0.2) is 0 Å². The summed E-state index contributed by atoms with van der Waals surface area (Å²) in [5.41, 5.74) is 4.66. The van der Waals surface area contributed by atoms with Gasteiger partial charge in [0.2, 0.25) is 0 Å². The van der Waals surface area contributed by atoms with Gasteiger partial charge in [-0.15, -0.1) is 12.4 Å². The van der Waals surface area contributed by atoms with Gasteiger partial charge in [-0.2, -0.15) is 0 Å². The van der Waals surface area contributed by atoms with E-state index in [4.69, 9.17) is 0 Å². The molecule has 2 nitrogen and oxygen atoms in total. The Balaban J connectivity index is 0.00000240. The first-order chi connectivity index (χ1) is 13.8. The van der Waals surface area contributed by atoms with Crippen LogP contribution in [-0.2, 0) is 0 Å². The van der Waals surface area contributed by atoms with E-state index in [1.165, 1.54) is 82.5 Å². The van der Waals surface area contributed by atoms with Gasteiger partial charge < -0.3 is 4.90 Å². The van der Waals surface area contributed by atoms with Crippen molar-refractivity contribution in [1.82, 2.24) is 4.90 Å². The number of benzene rings is 2. The molecule has 1 heterocycles. The zero-order valence-corrected chi connectivity index (χ0v) is 18.7. The maximum atomic E-state index is 2.65. The first-order valence-electron chi connectivity index (χ1n) is 11.5. The Labute approximate surface area is 183 Å². The van der Waals surface area contributed by atoms with Gasteiger partial charge in [-0.1, -0.05) is 61.9 Å². The van der Waals surface area contributed by atoms with Gasteiger partial charge in [0.15, 0.2) is 0 Å². The van der Waals surface area contributed by atoms with E-state index >= 15 is 0 Å². The van der Waals surface area contributed by atoms with Crippen molar-refractivity contribution in [1.29, 1.82) is 0 Å². The third-order valence-corrected chi connectivity index (χ3v) is 6.92. The second kappa shape index (κ2) is 11.0. The molecule has 29 heavy (non-hydrogen) atoms. The standard InChI is InChI=1S/C26H36N2.ClH/c1-2-3-17-27-18-20-28(21-19-27)26-12-8-7-11-25(26)24-15-13-23(14-16-24)22-9-5-4-6-10-22;/h4-12,23-24H,2-3,13-21H2,1H3;1H. The summed E-state index contributed by atoms with van der Waals surface area (Å²) in [7, 11) is 0. The molecular weight excluding hydrogens is 376 g/mol. The van der Waals surface area contributed by atoms with Gasteiger partial charge in [-0.3, -0.25) is 4.90 Å². The highest BCUT2D eigenvalue weighted by molar-refractivity contribution is 5.85. The smallest absolute Gasteiger partial charge is 0.0402 e. The molecule has 0 bridgehead atoms. The highest BCUT2D eigenvalue weighted by Gasteiger charge is 2.27. The fourth-order valence-corrected chi connectivity index (χ4v) is 5.18. The minimum Gasteiger partial charge on any atom is -0.369 e. The van der Waals surface area contributed by atoms with Crippen LogP contribution in [0.15, 0.2) is 54.6 Å². The average Bonchev–Trinajstić information content (AvgIpc) is 2.79. The van der Waals surface area contributed by atoms with Gasteiger partial charge in [0.05, 0.1) is 0 Å². The van der Waals surface area contributed by atoms with Crippen molar-refractivity contribution in [2.75, 3.05) is 37.6 Å². The third-order valence-electron chi connectivity index (χ3n) is 6.92. The molecule has 0 unspecified atom stereocenters. The number of rotatable bonds is 6. The van der Waals surface area contributed by atoms with Crippen LogP contribution in [0, 0.1) is 0 Å². The Bertz CT molecular complexity index is 716. The number of piperazine rings is 1. The lowest BCUT2D eigenvalue weighted by atomic mass is 9.75. The number of hydrogen-bond acceptors (Lipinski definition) is 2. The largest absolute Gasteiger partial charge is 0.369 e. The third kappa shape index (κ3) is 5.55. The highest BCUT2D eigenvalue weighted by atomic mass is 35.5. The Kier molecular flexibility index (Phi) is 8.44. The van der Waals surface area contributed by atoms with Crippen molar-refractivity contribution >= 4 is 18.1 Å². The topological polar surface area (TPSA) is 6.48 Å². The van der Waals surface area contributed by atoms with E-state index in [0.29, 0.717) is 0 Å². The number of unbranched alkanes of at least 4 members (excludes halogenated alkanes) is 1. The zero-order chi connectivity index (χ0) is 19.2. The van der Waals surface area contributed by atoms with E-state index in [-0.39, 0.29) is 12.4 Å². The van der Waals surface area contributed by atoms with E-state index in [1.54, 1.807) is 5.56 Å². The van der Waals surface area contributed by atoms with Gasteiger partial charge in [-0.05, 0) is 67.7 Å². The molecule has 1 aliphatic carbocycles. The number of halogens is 1. The Morgan fingerprint density at radius 3 is 2.07 bits per heavy atom. The first kappa shape index (κ1) is 22.2. The van der Waals surface area contributed by atoms with Crippen LogP contribution in [0.4, 0.5) is 5.69 Å².